The van der Waals surface area contributed by atoms with Gasteiger partial charge in [-0.1, -0.05) is 16.5 Å². The smallest absolute Gasteiger partial charge is 0.324 e. The molecule has 62 valence electrons. The van der Waals surface area contributed by atoms with Gasteiger partial charge < -0.3 is 5.21 Å². The lowest BCUT2D eigenvalue weighted by molar-refractivity contribution is -0.784. The second-order valence-corrected chi connectivity index (χ2v) is 3.08. The van der Waals surface area contributed by atoms with E-state index in [1.54, 1.807) is 0 Å². The predicted octanol–water partition coefficient (Wildman–Crippen LogP) is 0.000500. The molecule has 2 aliphatic rings. The topological polar surface area (TPSA) is 60.3 Å². The Hall–Kier alpha value is -1.17. The second-order valence-electron chi connectivity index (χ2n) is 2.29. The van der Waals surface area contributed by atoms with Crippen molar-refractivity contribution in [3.8, 4) is 0 Å². The maximum Gasteiger partial charge on any atom is 0.324 e. The van der Waals surface area contributed by atoms with Crippen molar-refractivity contribution in [2.24, 2.45) is 15.0 Å². The third kappa shape index (κ3) is 0.953. The van der Waals surface area contributed by atoms with Gasteiger partial charge in [-0.3, -0.25) is 0 Å². The van der Waals surface area contributed by atoms with Gasteiger partial charge in [0.05, 0.1) is 0 Å². The van der Waals surface area contributed by atoms with Crippen molar-refractivity contribution < 1.29 is 9.95 Å². The van der Waals surface area contributed by atoms with E-state index in [9.17, 15) is 5.21 Å². The predicted molar refractivity (Wildman–Crippen MR) is 48.8 cm³/mol. The molecule has 0 saturated carbocycles. The molecular formula is C6H7N4OS+. The Morgan fingerprint density at radius 2 is 2.42 bits per heavy atom. The van der Waals surface area contributed by atoms with Crippen molar-refractivity contribution in [2.75, 3.05) is 6.26 Å². The number of rotatable bonds is 0. The van der Waals surface area contributed by atoms with E-state index in [-0.39, 0.29) is 6.17 Å². The lowest BCUT2D eigenvalue weighted by Crippen LogP contribution is -2.36. The summed E-state index contributed by atoms with van der Waals surface area (Å²) in [6, 6.07) is 0. The zero-order valence-electron chi connectivity index (χ0n) is 6.38. The largest absolute Gasteiger partial charge is 0.353 e. The minimum atomic E-state index is -0.384. The van der Waals surface area contributed by atoms with Crippen LogP contribution in [0.25, 0.3) is 0 Å². The van der Waals surface area contributed by atoms with Crippen LogP contribution >= 0.6 is 11.8 Å². The van der Waals surface area contributed by atoms with E-state index in [1.807, 2.05) is 6.26 Å². The van der Waals surface area contributed by atoms with Gasteiger partial charge in [-0.25, -0.2) is 9.98 Å². The lowest BCUT2D eigenvalue weighted by atomic mass is 10.3. The van der Waals surface area contributed by atoms with Crippen LogP contribution in [0, 0.1) is 0 Å². The third-order valence-corrected chi connectivity index (χ3v) is 2.31. The van der Waals surface area contributed by atoms with Gasteiger partial charge in [0.1, 0.15) is 6.34 Å². The summed E-state index contributed by atoms with van der Waals surface area (Å²) in [4.78, 5) is 12.0. The average Bonchev–Trinajstić information content (AvgIpc) is 2.54. The summed E-state index contributed by atoms with van der Waals surface area (Å²) in [7, 11) is 0. The van der Waals surface area contributed by atoms with Crippen LogP contribution in [0.3, 0.4) is 0 Å². The second kappa shape index (κ2) is 2.71. The monoisotopic (exact) mass is 183 g/mol. The van der Waals surface area contributed by atoms with Gasteiger partial charge in [-0.15, -0.1) is 0 Å². The molecule has 2 rings (SSSR count). The number of fused-ring (bicyclic) bond motifs is 1. The van der Waals surface area contributed by atoms with Gasteiger partial charge in [-0.2, -0.15) is 0 Å². The fraction of sp³-hybridized carbons (Fsp3) is 0.333. The molecule has 0 spiro atoms. The van der Waals surface area contributed by atoms with Crippen molar-refractivity contribution in [2.45, 2.75) is 6.17 Å². The Bertz CT molecular complexity index is 330. The first kappa shape index (κ1) is 7.48. The first-order valence-electron chi connectivity index (χ1n) is 3.35. The molecule has 6 heteroatoms. The van der Waals surface area contributed by atoms with Crippen LogP contribution < -0.4 is 0 Å². The van der Waals surface area contributed by atoms with Crippen LogP contribution in [-0.4, -0.2) is 45.8 Å². The number of nitrogens with zero attached hydrogens (tertiary/aromatic N) is 4. The summed E-state index contributed by atoms with van der Waals surface area (Å²) in [6.07, 6.45) is 4.31. The van der Waals surface area contributed by atoms with Crippen molar-refractivity contribution in [1.29, 1.82) is 0 Å². The molecule has 0 bridgehead atoms. The molecule has 0 saturated heterocycles. The summed E-state index contributed by atoms with van der Waals surface area (Å²) in [5.41, 5.74) is 0.715. The summed E-state index contributed by atoms with van der Waals surface area (Å²) >= 11 is 1.49. The molecule has 1 atom stereocenters. The molecule has 2 aliphatic heterocycles. The SMILES string of the molecule is CSC1=NC=[N+](O)C2N=CN=C12. The summed E-state index contributed by atoms with van der Waals surface area (Å²) < 4.78 is 0.946. The average molecular weight is 183 g/mol. The highest BCUT2D eigenvalue weighted by Crippen LogP contribution is 2.13. The molecule has 0 aromatic carbocycles. The molecule has 1 unspecified atom stereocenters. The fourth-order valence-electron chi connectivity index (χ4n) is 1.05. The highest BCUT2D eigenvalue weighted by atomic mass is 32.2. The minimum Gasteiger partial charge on any atom is -0.353 e. The molecule has 5 nitrogen and oxygen atoms in total. The van der Waals surface area contributed by atoms with Crippen LogP contribution in [0.4, 0.5) is 0 Å². The standard InChI is InChI=1S/C6H7N4OS/c1-12-6-4-5(8-2-7-4)10(11)3-9-6/h2-3,5,11H,1H3/q+1. The Balaban J connectivity index is 2.41. The van der Waals surface area contributed by atoms with E-state index in [1.165, 1.54) is 24.4 Å². The molecule has 12 heavy (non-hydrogen) atoms. The number of hydroxylamine groups is 1. The van der Waals surface area contributed by atoms with Crippen molar-refractivity contribution in [3.05, 3.63) is 0 Å². The zero-order chi connectivity index (χ0) is 8.55. The van der Waals surface area contributed by atoms with Gasteiger partial charge in [0.25, 0.3) is 6.17 Å². The Morgan fingerprint density at radius 1 is 1.58 bits per heavy atom. The molecule has 0 aliphatic carbocycles. The highest BCUT2D eigenvalue weighted by molar-refractivity contribution is 8.15. The molecule has 2 heterocycles. The molecule has 0 fully saturated rings. The van der Waals surface area contributed by atoms with E-state index >= 15 is 0 Å². The van der Waals surface area contributed by atoms with Gasteiger partial charge in [-0.05, 0) is 11.2 Å². The van der Waals surface area contributed by atoms with E-state index in [2.05, 4.69) is 15.0 Å². The number of aliphatic imine (C=N–C) groups is 3. The van der Waals surface area contributed by atoms with Crippen LogP contribution in [-0.2, 0) is 0 Å². The maximum atomic E-state index is 9.26. The van der Waals surface area contributed by atoms with Crippen LogP contribution in [0.5, 0.6) is 0 Å². The van der Waals surface area contributed by atoms with E-state index in [0.717, 1.165) is 9.78 Å². The first-order valence-corrected chi connectivity index (χ1v) is 4.57. The molecule has 1 N–H and O–H groups in total. The lowest BCUT2D eigenvalue weighted by Gasteiger charge is -2.07. The molecule has 0 aromatic heterocycles. The highest BCUT2D eigenvalue weighted by Gasteiger charge is 2.35. The summed E-state index contributed by atoms with van der Waals surface area (Å²) in [6.45, 7) is 0. The van der Waals surface area contributed by atoms with Gasteiger partial charge in [0.2, 0.25) is 5.04 Å². The Labute approximate surface area is 73.2 Å². The van der Waals surface area contributed by atoms with E-state index < -0.39 is 0 Å². The molecule has 0 radical (unpaired) electrons. The van der Waals surface area contributed by atoms with Gasteiger partial charge >= 0.3 is 6.34 Å². The summed E-state index contributed by atoms with van der Waals surface area (Å²) in [5.74, 6) is 0. The number of hydrogen-bond acceptors (Lipinski definition) is 5. The van der Waals surface area contributed by atoms with Crippen molar-refractivity contribution in [1.82, 2.24) is 0 Å². The van der Waals surface area contributed by atoms with Crippen molar-refractivity contribution in [3.63, 3.8) is 0 Å². The molecule has 0 amide bonds. The van der Waals surface area contributed by atoms with Crippen LogP contribution in [0.2, 0.25) is 0 Å². The number of thioether (sulfide) groups is 1. The normalized spacial score (nSPS) is 26.1. The third-order valence-electron chi connectivity index (χ3n) is 1.61. The maximum absolute atomic E-state index is 9.26. The number of hydrogen-bond donors (Lipinski definition) is 1. The van der Waals surface area contributed by atoms with Gasteiger partial charge in [0, 0.05) is 0 Å². The molecule has 0 aromatic rings. The van der Waals surface area contributed by atoms with Crippen LogP contribution in [0.15, 0.2) is 15.0 Å². The molecular weight excluding hydrogens is 176 g/mol. The zero-order valence-corrected chi connectivity index (χ0v) is 7.19. The van der Waals surface area contributed by atoms with E-state index in [0.29, 0.717) is 5.71 Å². The first-order chi connectivity index (χ1) is 5.83. The van der Waals surface area contributed by atoms with Gasteiger partial charge in [0.15, 0.2) is 5.71 Å². The van der Waals surface area contributed by atoms with E-state index in [4.69, 9.17) is 0 Å². The Morgan fingerprint density at radius 3 is 3.17 bits per heavy atom. The van der Waals surface area contributed by atoms with Crippen LogP contribution in [0.1, 0.15) is 0 Å². The minimum absolute atomic E-state index is 0.384. The summed E-state index contributed by atoms with van der Waals surface area (Å²) in [5, 5.41) is 10.1. The Kier molecular flexibility index (Phi) is 1.69. The van der Waals surface area contributed by atoms with Crippen molar-refractivity contribution >= 4 is 35.2 Å². The fourth-order valence-corrected chi connectivity index (χ4v) is 1.57. The quantitative estimate of drug-likeness (QED) is 0.424.